The van der Waals surface area contributed by atoms with E-state index in [1.165, 1.54) is 29.8 Å². The van der Waals surface area contributed by atoms with Crippen molar-refractivity contribution < 1.29 is 0 Å². The fraction of sp³-hybridized carbons (Fsp3) is 0.562. The largest absolute Gasteiger partial charge is 0.352 e. The lowest BCUT2D eigenvalue weighted by atomic mass is 10.1. The summed E-state index contributed by atoms with van der Waals surface area (Å²) in [5, 5.41) is 3.63. The smallest absolute Gasteiger partial charge is 0.133 e. The van der Waals surface area contributed by atoms with Crippen molar-refractivity contribution in [1.29, 1.82) is 0 Å². The second-order valence-corrected chi connectivity index (χ2v) is 5.74. The first-order valence-electron chi connectivity index (χ1n) is 7.34. The van der Waals surface area contributed by atoms with E-state index in [1.54, 1.807) is 0 Å². The van der Waals surface area contributed by atoms with Crippen molar-refractivity contribution in [2.75, 3.05) is 18.0 Å². The van der Waals surface area contributed by atoms with Gasteiger partial charge in [-0.05, 0) is 44.7 Å². The first kappa shape index (κ1) is 12.7. The second-order valence-electron chi connectivity index (χ2n) is 5.74. The van der Waals surface area contributed by atoms with Gasteiger partial charge in [0.1, 0.15) is 5.82 Å². The van der Waals surface area contributed by atoms with Crippen molar-refractivity contribution in [3.8, 4) is 0 Å². The molecule has 1 aromatic heterocycles. The minimum atomic E-state index is 0.745. The van der Waals surface area contributed by atoms with Gasteiger partial charge in [-0.25, -0.2) is 4.98 Å². The van der Waals surface area contributed by atoms with E-state index in [4.69, 9.17) is 4.98 Å². The Labute approximate surface area is 115 Å². The van der Waals surface area contributed by atoms with Crippen LogP contribution in [0.1, 0.15) is 36.1 Å². The van der Waals surface area contributed by atoms with Crippen molar-refractivity contribution in [2.45, 2.75) is 45.7 Å². The maximum atomic E-state index is 4.81. The molecule has 0 aromatic carbocycles. The zero-order valence-electron chi connectivity index (χ0n) is 11.9. The van der Waals surface area contributed by atoms with Crippen LogP contribution in [0.15, 0.2) is 18.2 Å². The van der Waals surface area contributed by atoms with Gasteiger partial charge in [0.05, 0.1) is 0 Å². The molecule has 0 unspecified atom stereocenters. The van der Waals surface area contributed by atoms with Crippen LogP contribution in [0, 0.1) is 13.8 Å². The molecular formula is C16H23N3. The Hall–Kier alpha value is -1.35. The summed E-state index contributed by atoms with van der Waals surface area (Å²) in [5.74, 6) is 1.19. The molecule has 102 valence electrons. The summed E-state index contributed by atoms with van der Waals surface area (Å²) in [7, 11) is 0. The van der Waals surface area contributed by atoms with Crippen molar-refractivity contribution in [2.24, 2.45) is 0 Å². The van der Waals surface area contributed by atoms with Gasteiger partial charge in [-0.2, -0.15) is 0 Å². The van der Waals surface area contributed by atoms with Gasteiger partial charge >= 0.3 is 0 Å². The summed E-state index contributed by atoms with van der Waals surface area (Å²) in [6.07, 6.45) is 8.31. The summed E-state index contributed by atoms with van der Waals surface area (Å²) in [4.78, 5) is 7.21. The zero-order valence-corrected chi connectivity index (χ0v) is 11.9. The molecule has 1 aromatic rings. The van der Waals surface area contributed by atoms with Gasteiger partial charge in [-0.1, -0.05) is 12.2 Å². The molecule has 0 saturated heterocycles. The lowest BCUT2D eigenvalue weighted by Crippen LogP contribution is -2.30. The van der Waals surface area contributed by atoms with Crippen LogP contribution in [-0.2, 0) is 6.54 Å². The Kier molecular flexibility index (Phi) is 3.56. The topological polar surface area (TPSA) is 28.2 Å². The van der Waals surface area contributed by atoms with E-state index in [9.17, 15) is 0 Å². The monoisotopic (exact) mass is 257 g/mol. The molecule has 0 radical (unpaired) electrons. The standard InChI is InChI=1S/C16H23N3/c1-12-10-13(2)18-16(19-8-4-3-5-9-19)15(12)11-17-14-6-7-14/h3-4,10,14,17H,5-9,11H2,1-2H3. The number of hydrogen-bond donors (Lipinski definition) is 1. The van der Waals surface area contributed by atoms with Gasteiger partial charge in [-0.3, -0.25) is 0 Å². The van der Waals surface area contributed by atoms with Crippen LogP contribution in [0.2, 0.25) is 0 Å². The second kappa shape index (κ2) is 5.33. The molecule has 3 heteroatoms. The fourth-order valence-corrected chi connectivity index (χ4v) is 2.69. The SMILES string of the molecule is Cc1cc(C)c(CNC2CC2)c(N2CC=CCC2)n1. The van der Waals surface area contributed by atoms with Gasteiger partial charge in [0.25, 0.3) is 0 Å². The Morgan fingerprint density at radius 3 is 2.84 bits per heavy atom. The Bertz CT molecular complexity index is 489. The van der Waals surface area contributed by atoms with E-state index in [-0.39, 0.29) is 0 Å². The number of nitrogens with zero attached hydrogens (tertiary/aromatic N) is 2. The number of rotatable bonds is 4. The third-order valence-corrected chi connectivity index (χ3v) is 3.96. The molecule has 1 N–H and O–H groups in total. The lowest BCUT2D eigenvalue weighted by Gasteiger charge is -2.28. The minimum Gasteiger partial charge on any atom is -0.352 e. The van der Waals surface area contributed by atoms with Crippen LogP contribution in [0.25, 0.3) is 0 Å². The van der Waals surface area contributed by atoms with Crippen LogP contribution in [0.5, 0.6) is 0 Å². The summed E-state index contributed by atoms with van der Waals surface area (Å²) in [6, 6.07) is 2.95. The molecule has 0 spiro atoms. The maximum Gasteiger partial charge on any atom is 0.133 e. The molecular weight excluding hydrogens is 234 g/mol. The Morgan fingerprint density at radius 2 is 2.16 bits per heavy atom. The van der Waals surface area contributed by atoms with Crippen LogP contribution in [0.3, 0.4) is 0 Å². The van der Waals surface area contributed by atoms with Gasteiger partial charge in [0.15, 0.2) is 0 Å². The fourth-order valence-electron chi connectivity index (χ4n) is 2.69. The lowest BCUT2D eigenvalue weighted by molar-refractivity contribution is 0.676. The van der Waals surface area contributed by atoms with Crippen molar-refractivity contribution in [3.63, 3.8) is 0 Å². The molecule has 3 rings (SSSR count). The van der Waals surface area contributed by atoms with Gasteiger partial charge < -0.3 is 10.2 Å². The van der Waals surface area contributed by atoms with Crippen LogP contribution >= 0.6 is 0 Å². The number of aryl methyl sites for hydroxylation is 2. The number of hydrogen-bond acceptors (Lipinski definition) is 3. The molecule has 3 nitrogen and oxygen atoms in total. The third kappa shape index (κ3) is 2.98. The highest BCUT2D eigenvalue weighted by Gasteiger charge is 2.22. The van der Waals surface area contributed by atoms with Gasteiger partial charge in [0, 0.05) is 36.9 Å². The van der Waals surface area contributed by atoms with E-state index < -0.39 is 0 Å². The molecule has 1 aliphatic carbocycles. The predicted molar refractivity (Wildman–Crippen MR) is 79.5 cm³/mol. The normalized spacial score (nSPS) is 18.9. The molecule has 1 fully saturated rings. The summed E-state index contributed by atoms with van der Waals surface area (Å²) >= 11 is 0. The molecule has 0 amide bonds. The number of aromatic nitrogens is 1. The molecule has 1 aliphatic heterocycles. The summed E-state index contributed by atoms with van der Waals surface area (Å²) < 4.78 is 0. The molecule has 0 atom stereocenters. The molecule has 0 bridgehead atoms. The average molecular weight is 257 g/mol. The summed E-state index contributed by atoms with van der Waals surface area (Å²) in [6.45, 7) is 7.34. The minimum absolute atomic E-state index is 0.745. The van der Waals surface area contributed by atoms with E-state index >= 15 is 0 Å². The highest BCUT2D eigenvalue weighted by Crippen LogP contribution is 2.26. The first-order valence-corrected chi connectivity index (χ1v) is 7.34. The number of nitrogens with one attached hydrogen (secondary N) is 1. The van der Waals surface area contributed by atoms with Crippen molar-refractivity contribution in [1.82, 2.24) is 10.3 Å². The molecule has 2 aliphatic rings. The highest BCUT2D eigenvalue weighted by molar-refractivity contribution is 5.52. The number of pyridine rings is 1. The van der Waals surface area contributed by atoms with Crippen LogP contribution in [-0.4, -0.2) is 24.1 Å². The molecule has 19 heavy (non-hydrogen) atoms. The molecule has 1 saturated carbocycles. The van der Waals surface area contributed by atoms with E-state index in [0.29, 0.717) is 0 Å². The van der Waals surface area contributed by atoms with E-state index in [2.05, 4.69) is 42.3 Å². The van der Waals surface area contributed by atoms with Crippen LogP contribution in [0.4, 0.5) is 5.82 Å². The predicted octanol–water partition coefficient (Wildman–Crippen LogP) is 2.72. The summed E-state index contributed by atoms with van der Waals surface area (Å²) in [5.41, 5.74) is 3.87. The Balaban J connectivity index is 1.87. The van der Waals surface area contributed by atoms with Crippen molar-refractivity contribution >= 4 is 5.82 Å². The highest BCUT2D eigenvalue weighted by atomic mass is 15.2. The first-order chi connectivity index (χ1) is 9.24. The third-order valence-electron chi connectivity index (χ3n) is 3.96. The van der Waals surface area contributed by atoms with Gasteiger partial charge in [-0.15, -0.1) is 0 Å². The zero-order chi connectivity index (χ0) is 13.2. The van der Waals surface area contributed by atoms with E-state index in [1.807, 2.05) is 0 Å². The quantitative estimate of drug-likeness (QED) is 0.841. The van der Waals surface area contributed by atoms with Crippen LogP contribution < -0.4 is 10.2 Å². The van der Waals surface area contributed by atoms with Gasteiger partial charge in [0.2, 0.25) is 0 Å². The Morgan fingerprint density at radius 1 is 1.32 bits per heavy atom. The van der Waals surface area contributed by atoms with Crippen molar-refractivity contribution in [3.05, 3.63) is 35.0 Å². The van der Waals surface area contributed by atoms with E-state index in [0.717, 1.165) is 37.8 Å². The average Bonchev–Trinajstić information content (AvgIpc) is 3.22. The maximum absolute atomic E-state index is 4.81. The molecule has 2 heterocycles. The number of anilines is 1.